The van der Waals surface area contributed by atoms with Gasteiger partial charge in [0.05, 0.1) is 17.6 Å². The van der Waals surface area contributed by atoms with E-state index in [1.807, 2.05) is 32.9 Å². The number of nitrogens with zero attached hydrogens (tertiary/aromatic N) is 3. The first kappa shape index (κ1) is 16.0. The predicted molar refractivity (Wildman–Crippen MR) is 94.6 cm³/mol. The molecule has 2 aromatic heterocycles. The van der Waals surface area contributed by atoms with Crippen LogP contribution in [0.3, 0.4) is 0 Å². The van der Waals surface area contributed by atoms with E-state index >= 15 is 0 Å². The van der Waals surface area contributed by atoms with Crippen molar-refractivity contribution in [2.24, 2.45) is 10.9 Å². The topological polar surface area (TPSA) is 91.1 Å². The molecule has 6 heteroatoms. The van der Waals surface area contributed by atoms with Crippen molar-refractivity contribution in [1.82, 2.24) is 9.97 Å². The highest BCUT2D eigenvalue weighted by Gasteiger charge is 2.19. The largest absolute Gasteiger partial charge is 0.325 e. The number of aromatic nitrogens is 2. The van der Waals surface area contributed by atoms with Crippen LogP contribution in [0.4, 0.5) is 5.69 Å². The summed E-state index contributed by atoms with van der Waals surface area (Å²) in [5.41, 5.74) is 4.67. The summed E-state index contributed by atoms with van der Waals surface area (Å²) < 4.78 is 0. The van der Waals surface area contributed by atoms with E-state index in [4.69, 9.17) is 5.41 Å². The van der Waals surface area contributed by atoms with Crippen LogP contribution in [0.2, 0.25) is 0 Å². The molecule has 0 saturated carbocycles. The van der Waals surface area contributed by atoms with Crippen LogP contribution in [0.15, 0.2) is 35.7 Å². The maximum atomic E-state index is 11.9. The highest BCUT2D eigenvalue weighted by atomic mass is 16.1. The minimum atomic E-state index is -0.0257. The molecule has 0 aromatic carbocycles. The molecule has 6 nitrogen and oxygen atoms in total. The first-order chi connectivity index (χ1) is 11.4. The van der Waals surface area contributed by atoms with Gasteiger partial charge in [-0.1, -0.05) is 13.8 Å². The van der Waals surface area contributed by atoms with Gasteiger partial charge < -0.3 is 5.32 Å². The maximum Gasteiger partial charge on any atom is 0.224 e. The van der Waals surface area contributed by atoms with Crippen LogP contribution >= 0.6 is 0 Å². The van der Waals surface area contributed by atoms with Gasteiger partial charge in [-0.25, -0.2) is 4.99 Å². The highest BCUT2D eigenvalue weighted by Crippen LogP contribution is 2.25. The Kier molecular flexibility index (Phi) is 4.20. The molecule has 0 atom stereocenters. The lowest BCUT2D eigenvalue weighted by molar-refractivity contribution is -0.116. The number of amides is 1. The SMILES string of the molecule is CC1=NC(=N)c2cnc(-c3cncc(NC(=O)CC(C)C)c3)cc21. The number of rotatable bonds is 4. The lowest BCUT2D eigenvalue weighted by atomic mass is 10.0. The second-order valence-corrected chi connectivity index (χ2v) is 6.27. The van der Waals surface area contributed by atoms with Crippen LogP contribution in [-0.4, -0.2) is 27.4 Å². The van der Waals surface area contributed by atoms with Crippen molar-refractivity contribution in [3.8, 4) is 11.3 Å². The molecule has 2 N–H and O–H groups in total. The first-order valence-corrected chi connectivity index (χ1v) is 7.84. The number of anilines is 1. The summed E-state index contributed by atoms with van der Waals surface area (Å²) in [6, 6.07) is 3.76. The minimum Gasteiger partial charge on any atom is -0.325 e. The van der Waals surface area contributed by atoms with Gasteiger partial charge in [0, 0.05) is 41.2 Å². The van der Waals surface area contributed by atoms with Gasteiger partial charge in [0.2, 0.25) is 5.91 Å². The molecule has 0 unspecified atom stereocenters. The number of amidine groups is 1. The van der Waals surface area contributed by atoms with E-state index in [2.05, 4.69) is 20.3 Å². The number of hydrogen-bond donors (Lipinski definition) is 2. The summed E-state index contributed by atoms with van der Waals surface area (Å²) in [4.78, 5) is 24.7. The zero-order valence-electron chi connectivity index (χ0n) is 13.9. The number of carbonyl (C=O) groups excluding carboxylic acids is 1. The van der Waals surface area contributed by atoms with Crippen molar-refractivity contribution in [2.45, 2.75) is 27.2 Å². The van der Waals surface area contributed by atoms with Gasteiger partial charge in [-0.05, 0) is 25.0 Å². The van der Waals surface area contributed by atoms with E-state index in [0.29, 0.717) is 18.0 Å². The molecule has 0 aliphatic carbocycles. The van der Waals surface area contributed by atoms with Gasteiger partial charge in [0.1, 0.15) is 0 Å². The monoisotopic (exact) mass is 321 g/mol. The summed E-state index contributed by atoms with van der Waals surface area (Å²) in [6.07, 6.45) is 5.47. The molecule has 24 heavy (non-hydrogen) atoms. The Labute approximate surface area is 140 Å². The average molecular weight is 321 g/mol. The Balaban J connectivity index is 1.87. The van der Waals surface area contributed by atoms with E-state index in [1.165, 1.54) is 0 Å². The third kappa shape index (κ3) is 3.22. The van der Waals surface area contributed by atoms with Crippen LogP contribution in [-0.2, 0) is 4.79 Å². The Hall–Kier alpha value is -2.89. The van der Waals surface area contributed by atoms with E-state index in [0.717, 1.165) is 28.1 Å². The van der Waals surface area contributed by atoms with Crippen molar-refractivity contribution in [3.05, 3.63) is 41.9 Å². The van der Waals surface area contributed by atoms with Gasteiger partial charge in [0.15, 0.2) is 5.84 Å². The van der Waals surface area contributed by atoms with Crippen LogP contribution in [0.25, 0.3) is 11.3 Å². The molecule has 3 heterocycles. The van der Waals surface area contributed by atoms with Crippen LogP contribution in [0, 0.1) is 11.3 Å². The number of pyridine rings is 2. The van der Waals surface area contributed by atoms with Crippen LogP contribution in [0.1, 0.15) is 38.3 Å². The summed E-state index contributed by atoms with van der Waals surface area (Å²) in [7, 11) is 0. The molecule has 122 valence electrons. The molecule has 3 rings (SSSR count). The molecule has 0 spiro atoms. The zero-order chi connectivity index (χ0) is 17.3. The molecule has 0 radical (unpaired) electrons. The van der Waals surface area contributed by atoms with Crippen LogP contribution < -0.4 is 5.32 Å². The smallest absolute Gasteiger partial charge is 0.224 e. The third-order valence-electron chi connectivity index (χ3n) is 3.74. The van der Waals surface area contributed by atoms with Gasteiger partial charge >= 0.3 is 0 Å². The molecule has 1 aliphatic rings. The van der Waals surface area contributed by atoms with E-state index in [-0.39, 0.29) is 11.7 Å². The zero-order valence-corrected chi connectivity index (χ0v) is 13.9. The number of nitrogens with one attached hydrogen (secondary N) is 2. The minimum absolute atomic E-state index is 0.0257. The van der Waals surface area contributed by atoms with Crippen molar-refractivity contribution in [1.29, 1.82) is 5.41 Å². The van der Waals surface area contributed by atoms with Gasteiger partial charge in [-0.3, -0.25) is 20.2 Å². The Morgan fingerprint density at radius 3 is 2.75 bits per heavy atom. The maximum absolute atomic E-state index is 11.9. The van der Waals surface area contributed by atoms with Crippen molar-refractivity contribution < 1.29 is 4.79 Å². The quantitative estimate of drug-likeness (QED) is 0.905. The highest BCUT2D eigenvalue weighted by molar-refractivity contribution is 6.21. The number of carbonyl (C=O) groups is 1. The molecule has 0 fully saturated rings. The second-order valence-electron chi connectivity index (χ2n) is 6.27. The Morgan fingerprint density at radius 1 is 1.21 bits per heavy atom. The number of fused-ring (bicyclic) bond motifs is 1. The molecule has 2 aromatic rings. The molecular formula is C18H19N5O. The van der Waals surface area contributed by atoms with E-state index < -0.39 is 0 Å². The summed E-state index contributed by atoms with van der Waals surface area (Å²) in [5, 5.41) is 10.7. The molecule has 1 aliphatic heterocycles. The van der Waals surface area contributed by atoms with Crippen molar-refractivity contribution in [3.63, 3.8) is 0 Å². The lowest BCUT2D eigenvalue weighted by Gasteiger charge is -2.09. The third-order valence-corrected chi connectivity index (χ3v) is 3.74. The summed E-state index contributed by atoms with van der Waals surface area (Å²) in [5.74, 6) is 0.522. The Morgan fingerprint density at radius 2 is 2.00 bits per heavy atom. The fourth-order valence-electron chi connectivity index (χ4n) is 2.62. The standard InChI is InChI=1S/C18H19N5O/c1-10(2)4-17(24)23-13-5-12(7-20-8-13)16-6-14-11(3)22-18(19)15(14)9-21-16/h5-10,19H,4H2,1-3H3,(H,23,24). The van der Waals surface area contributed by atoms with Crippen LogP contribution in [0.5, 0.6) is 0 Å². The van der Waals surface area contributed by atoms with E-state index in [9.17, 15) is 4.79 Å². The summed E-state index contributed by atoms with van der Waals surface area (Å²) in [6.45, 7) is 5.89. The fraction of sp³-hybridized carbons (Fsp3) is 0.278. The first-order valence-electron chi connectivity index (χ1n) is 7.84. The average Bonchev–Trinajstić information content (AvgIpc) is 2.81. The molecule has 0 saturated heterocycles. The molecule has 1 amide bonds. The number of aliphatic imine (C=N–C) groups is 1. The molecular weight excluding hydrogens is 302 g/mol. The molecule has 0 bridgehead atoms. The predicted octanol–water partition coefficient (Wildman–Crippen LogP) is 3.28. The lowest BCUT2D eigenvalue weighted by Crippen LogP contribution is -2.14. The van der Waals surface area contributed by atoms with Crippen molar-refractivity contribution in [2.75, 3.05) is 5.32 Å². The van der Waals surface area contributed by atoms with Gasteiger partial charge in [-0.2, -0.15) is 0 Å². The van der Waals surface area contributed by atoms with E-state index in [1.54, 1.807) is 18.6 Å². The Bertz CT molecular complexity index is 854. The normalized spacial score (nSPS) is 13.0. The number of hydrogen-bond acceptors (Lipinski definition) is 4. The second kappa shape index (κ2) is 6.31. The van der Waals surface area contributed by atoms with Gasteiger partial charge in [-0.15, -0.1) is 0 Å². The fourth-order valence-corrected chi connectivity index (χ4v) is 2.62. The summed E-state index contributed by atoms with van der Waals surface area (Å²) >= 11 is 0. The van der Waals surface area contributed by atoms with Gasteiger partial charge in [0.25, 0.3) is 0 Å². The van der Waals surface area contributed by atoms with Crippen molar-refractivity contribution >= 4 is 23.1 Å².